The molecule has 0 radical (unpaired) electrons. The first-order valence-electron chi connectivity index (χ1n) is 9.17. The predicted octanol–water partition coefficient (Wildman–Crippen LogP) is 4.32. The van der Waals surface area contributed by atoms with Gasteiger partial charge in [0.05, 0.1) is 5.92 Å². The smallest absolute Gasteiger partial charge is 0.240 e. The van der Waals surface area contributed by atoms with Crippen molar-refractivity contribution in [2.24, 2.45) is 5.73 Å². The van der Waals surface area contributed by atoms with Crippen LogP contribution in [0.5, 0.6) is 0 Å². The van der Waals surface area contributed by atoms with E-state index in [0.29, 0.717) is 15.6 Å². The van der Waals surface area contributed by atoms with E-state index in [9.17, 15) is 9.59 Å². The molecule has 3 N–H and O–H groups in total. The number of fused-ring (bicyclic) bond motifs is 3. The molecular weight excluding hydrogens is 407 g/mol. The van der Waals surface area contributed by atoms with Crippen molar-refractivity contribution in [2.75, 3.05) is 0 Å². The van der Waals surface area contributed by atoms with E-state index in [4.69, 9.17) is 28.9 Å². The lowest BCUT2D eigenvalue weighted by molar-refractivity contribution is -0.127. The molecule has 0 aromatic heterocycles. The SMILES string of the molecule is NC(=O)[C@@H](Cc1ccc(Cl)cc1Cl)NC(=O)C1c2ccccc2-c2ccccc21. The normalized spacial score (nSPS) is 13.4. The molecule has 4 nitrogen and oxygen atoms in total. The van der Waals surface area contributed by atoms with E-state index in [-0.39, 0.29) is 12.3 Å². The van der Waals surface area contributed by atoms with Gasteiger partial charge in [-0.15, -0.1) is 0 Å². The fraction of sp³-hybridized carbons (Fsp3) is 0.130. The number of primary amides is 1. The van der Waals surface area contributed by atoms with E-state index < -0.39 is 17.9 Å². The van der Waals surface area contributed by atoms with Gasteiger partial charge in [-0.1, -0.05) is 77.8 Å². The van der Waals surface area contributed by atoms with Crippen LogP contribution in [-0.4, -0.2) is 17.9 Å². The molecule has 146 valence electrons. The van der Waals surface area contributed by atoms with Crippen LogP contribution in [0.4, 0.5) is 0 Å². The summed E-state index contributed by atoms with van der Waals surface area (Å²) in [6.45, 7) is 0. The summed E-state index contributed by atoms with van der Waals surface area (Å²) in [7, 11) is 0. The summed E-state index contributed by atoms with van der Waals surface area (Å²) in [6, 6.07) is 19.7. The molecule has 3 aromatic rings. The Morgan fingerprint density at radius 1 is 0.931 bits per heavy atom. The topological polar surface area (TPSA) is 72.2 Å². The molecule has 3 aromatic carbocycles. The summed E-state index contributed by atoms with van der Waals surface area (Å²) in [6.07, 6.45) is 0.188. The Bertz CT molecular complexity index is 1070. The van der Waals surface area contributed by atoms with Crippen molar-refractivity contribution in [3.8, 4) is 11.1 Å². The molecule has 0 spiro atoms. The van der Waals surface area contributed by atoms with Crippen molar-refractivity contribution in [1.82, 2.24) is 5.32 Å². The van der Waals surface area contributed by atoms with Crippen LogP contribution in [0.15, 0.2) is 66.7 Å². The summed E-state index contributed by atoms with van der Waals surface area (Å²) >= 11 is 12.2. The van der Waals surface area contributed by atoms with Crippen LogP contribution in [0.1, 0.15) is 22.6 Å². The quantitative estimate of drug-likeness (QED) is 0.639. The Morgan fingerprint density at radius 2 is 1.52 bits per heavy atom. The molecule has 0 unspecified atom stereocenters. The highest BCUT2D eigenvalue weighted by atomic mass is 35.5. The number of amides is 2. The molecule has 0 heterocycles. The summed E-state index contributed by atoms with van der Waals surface area (Å²) in [5.74, 6) is -1.38. The molecule has 1 aliphatic carbocycles. The zero-order valence-electron chi connectivity index (χ0n) is 15.4. The number of carbonyl (C=O) groups is 2. The highest BCUT2D eigenvalue weighted by Crippen LogP contribution is 2.44. The van der Waals surface area contributed by atoms with Crippen molar-refractivity contribution >= 4 is 35.0 Å². The van der Waals surface area contributed by atoms with Gasteiger partial charge >= 0.3 is 0 Å². The highest BCUT2D eigenvalue weighted by Gasteiger charge is 2.35. The Balaban J connectivity index is 1.63. The number of hydrogen-bond acceptors (Lipinski definition) is 2. The number of nitrogens with two attached hydrogens (primary N) is 1. The fourth-order valence-electron chi connectivity index (χ4n) is 3.82. The zero-order chi connectivity index (χ0) is 20.5. The molecule has 2 amide bonds. The van der Waals surface area contributed by atoms with Crippen LogP contribution in [0, 0.1) is 0 Å². The second-order valence-corrected chi connectivity index (χ2v) is 7.85. The predicted molar refractivity (Wildman–Crippen MR) is 115 cm³/mol. The lowest BCUT2D eigenvalue weighted by Crippen LogP contribution is -2.47. The number of hydrogen-bond donors (Lipinski definition) is 2. The van der Waals surface area contributed by atoms with E-state index in [2.05, 4.69) is 5.32 Å². The summed E-state index contributed by atoms with van der Waals surface area (Å²) < 4.78 is 0. The van der Waals surface area contributed by atoms with E-state index in [1.165, 1.54) is 0 Å². The Hall–Kier alpha value is -2.82. The van der Waals surface area contributed by atoms with Crippen LogP contribution < -0.4 is 11.1 Å². The lowest BCUT2D eigenvalue weighted by atomic mass is 9.95. The van der Waals surface area contributed by atoms with Crippen LogP contribution >= 0.6 is 23.2 Å². The summed E-state index contributed by atoms with van der Waals surface area (Å²) in [4.78, 5) is 25.3. The third-order valence-corrected chi connectivity index (χ3v) is 5.78. The number of nitrogens with one attached hydrogen (secondary N) is 1. The van der Waals surface area contributed by atoms with Crippen molar-refractivity contribution in [2.45, 2.75) is 18.4 Å². The first-order valence-corrected chi connectivity index (χ1v) is 9.93. The van der Waals surface area contributed by atoms with Gasteiger partial charge in [-0.25, -0.2) is 0 Å². The minimum Gasteiger partial charge on any atom is -0.368 e. The maximum absolute atomic E-state index is 13.2. The number of carbonyl (C=O) groups excluding carboxylic acids is 2. The first kappa shape index (κ1) is 19.5. The average molecular weight is 425 g/mol. The highest BCUT2D eigenvalue weighted by molar-refractivity contribution is 6.35. The van der Waals surface area contributed by atoms with Gasteiger partial charge in [-0.05, 0) is 39.9 Å². The van der Waals surface area contributed by atoms with Crippen molar-refractivity contribution in [1.29, 1.82) is 0 Å². The second kappa shape index (κ2) is 7.90. The maximum atomic E-state index is 13.2. The largest absolute Gasteiger partial charge is 0.368 e. The zero-order valence-corrected chi connectivity index (χ0v) is 16.9. The molecule has 0 bridgehead atoms. The molecule has 0 saturated heterocycles. The Morgan fingerprint density at radius 3 is 2.07 bits per heavy atom. The van der Waals surface area contributed by atoms with Crippen LogP contribution in [-0.2, 0) is 16.0 Å². The van der Waals surface area contributed by atoms with Gasteiger partial charge in [0.2, 0.25) is 11.8 Å². The van der Waals surface area contributed by atoms with Crippen LogP contribution in [0.3, 0.4) is 0 Å². The van der Waals surface area contributed by atoms with Crippen molar-refractivity contribution < 1.29 is 9.59 Å². The maximum Gasteiger partial charge on any atom is 0.240 e. The minimum absolute atomic E-state index is 0.188. The third kappa shape index (κ3) is 3.74. The van der Waals surface area contributed by atoms with Gasteiger partial charge in [0.15, 0.2) is 0 Å². The third-order valence-electron chi connectivity index (χ3n) is 5.20. The lowest BCUT2D eigenvalue weighted by Gasteiger charge is -2.20. The van der Waals surface area contributed by atoms with Gasteiger partial charge in [-0.3, -0.25) is 9.59 Å². The molecular formula is C23H18Cl2N2O2. The van der Waals surface area contributed by atoms with Gasteiger partial charge in [0.1, 0.15) is 6.04 Å². The summed E-state index contributed by atoms with van der Waals surface area (Å²) in [5, 5.41) is 3.75. The van der Waals surface area contributed by atoms with Gasteiger partial charge in [0.25, 0.3) is 0 Å². The minimum atomic E-state index is -0.888. The number of benzene rings is 3. The van der Waals surface area contributed by atoms with Crippen LogP contribution in [0.25, 0.3) is 11.1 Å². The van der Waals surface area contributed by atoms with E-state index in [1.807, 2.05) is 48.5 Å². The first-order chi connectivity index (χ1) is 14.0. The van der Waals surface area contributed by atoms with E-state index in [0.717, 1.165) is 22.3 Å². The molecule has 6 heteroatoms. The average Bonchev–Trinajstić information content (AvgIpc) is 3.04. The summed E-state index contributed by atoms with van der Waals surface area (Å²) in [5.41, 5.74) is 10.2. The molecule has 1 atom stereocenters. The van der Waals surface area contributed by atoms with Crippen LogP contribution in [0.2, 0.25) is 10.0 Å². The van der Waals surface area contributed by atoms with Gasteiger partial charge in [0, 0.05) is 16.5 Å². The fourth-order valence-corrected chi connectivity index (χ4v) is 4.31. The molecule has 0 aliphatic heterocycles. The molecule has 1 aliphatic rings. The Kier molecular flexibility index (Phi) is 5.31. The molecule has 0 saturated carbocycles. The second-order valence-electron chi connectivity index (χ2n) is 7.01. The monoisotopic (exact) mass is 424 g/mol. The number of halogens is 2. The number of rotatable bonds is 5. The van der Waals surface area contributed by atoms with Crippen molar-refractivity contribution in [3.05, 3.63) is 93.5 Å². The van der Waals surface area contributed by atoms with Gasteiger partial charge < -0.3 is 11.1 Å². The van der Waals surface area contributed by atoms with Gasteiger partial charge in [-0.2, -0.15) is 0 Å². The molecule has 29 heavy (non-hydrogen) atoms. The van der Waals surface area contributed by atoms with E-state index in [1.54, 1.807) is 18.2 Å². The Labute approximate surface area is 178 Å². The standard InChI is InChI=1S/C23H18Cl2N2O2/c24-14-10-9-13(19(25)12-14)11-20(22(26)28)27-23(29)21-17-7-3-1-5-15(17)16-6-2-4-8-18(16)21/h1-10,12,20-21H,11H2,(H2,26,28)(H,27,29)/t20-/m1/s1. The molecule has 4 rings (SSSR count). The van der Waals surface area contributed by atoms with E-state index >= 15 is 0 Å². The van der Waals surface area contributed by atoms with Crippen molar-refractivity contribution in [3.63, 3.8) is 0 Å². The molecule has 0 fully saturated rings.